The number of furan rings is 1. The van der Waals surface area contributed by atoms with Crippen LogP contribution < -0.4 is 5.32 Å². The predicted molar refractivity (Wildman–Crippen MR) is 72.7 cm³/mol. The Hall–Kier alpha value is -1.32. The van der Waals surface area contributed by atoms with Crippen LogP contribution in [0.25, 0.3) is 0 Å². The molecule has 2 heterocycles. The molecule has 18 heavy (non-hydrogen) atoms. The molecular formula is C14H17ClN2O. The molecule has 0 fully saturated rings. The van der Waals surface area contributed by atoms with Crippen LogP contribution in [0.2, 0.25) is 5.22 Å². The van der Waals surface area contributed by atoms with Gasteiger partial charge in [0, 0.05) is 18.3 Å². The van der Waals surface area contributed by atoms with Gasteiger partial charge in [0.05, 0.1) is 6.04 Å². The van der Waals surface area contributed by atoms with Gasteiger partial charge in [0.2, 0.25) is 0 Å². The molecule has 2 aromatic heterocycles. The highest BCUT2D eigenvalue weighted by atomic mass is 35.5. The molecule has 0 spiro atoms. The molecule has 0 bridgehead atoms. The average Bonchev–Trinajstić information content (AvgIpc) is 2.82. The van der Waals surface area contributed by atoms with Crippen LogP contribution in [0.4, 0.5) is 0 Å². The van der Waals surface area contributed by atoms with Crippen LogP contribution in [0, 0.1) is 0 Å². The van der Waals surface area contributed by atoms with Crippen LogP contribution in [0.1, 0.15) is 30.8 Å². The second-order valence-corrected chi connectivity index (χ2v) is 4.55. The number of hydrogen-bond acceptors (Lipinski definition) is 3. The Morgan fingerprint density at radius 1 is 1.33 bits per heavy atom. The van der Waals surface area contributed by atoms with Crippen LogP contribution in [0.3, 0.4) is 0 Å². The van der Waals surface area contributed by atoms with Gasteiger partial charge in [-0.15, -0.1) is 0 Å². The minimum atomic E-state index is 0.118. The molecule has 2 aromatic rings. The molecule has 0 amide bonds. The molecule has 1 N–H and O–H groups in total. The first-order valence-corrected chi connectivity index (χ1v) is 6.56. The van der Waals surface area contributed by atoms with Crippen molar-refractivity contribution in [3.05, 3.63) is 53.2 Å². The average molecular weight is 265 g/mol. The van der Waals surface area contributed by atoms with E-state index in [-0.39, 0.29) is 6.04 Å². The van der Waals surface area contributed by atoms with E-state index in [9.17, 15) is 0 Å². The summed E-state index contributed by atoms with van der Waals surface area (Å²) in [5.74, 6) is 0.860. The monoisotopic (exact) mass is 264 g/mol. The predicted octanol–water partition coefficient (Wildman–Crippen LogP) is 3.61. The summed E-state index contributed by atoms with van der Waals surface area (Å²) < 4.78 is 5.49. The molecule has 2 rings (SSSR count). The molecule has 1 atom stereocenters. The molecular weight excluding hydrogens is 248 g/mol. The number of nitrogens with zero attached hydrogens (tertiary/aromatic N) is 1. The maximum Gasteiger partial charge on any atom is 0.193 e. The second kappa shape index (κ2) is 6.57. The van der Waals surface area contributed by atoms with Gasteiger partial charge in [-0.25, -0.2) is 0 Å². The Kier molecular flexibility index (Phi) is 4.79. The van der Waals surface area contributed by atoms with E-state index in [0.29, 0.717) is 5.22 Å². The first kappa shape index (κ1) is 13.1. The van der Waals surface area contributed by atoms with Crippen molar-refractivity contribution < 1.29 is 4.42 Å². The fraction of sp³-hybridized carbons (Fsp3) is 0.357. The van der Waals surface area contributed by atoms with Gasteiger partial charge >= 0.3 is 0 Å². The van der Waals surface area contributed by atoms with Gasteiger partial charge in [-0.1, -0.05) is 13.0 Å². The summed E-state index contributed by atoms with van der Waals surface area (Å²) in [6.07, 6.45) is 3.68. The van der Waals surface area contributed by atoms with Crippen molar-refractivity contribution in [2.75, 3.05) is 6.54 Å². The Bertz CT molecular complexity index is 470. The third-order valence-corrected chi connectivity index (χ3v) is 2.92. The molecule has 4 heteroatoms. The summed E-state index contributed by atoms with van der Waals surface area (Å²) in [4.78, 5) is 4.34. The standard InChI is InChI=1S/C14H17ClN2O/c1-2-8-17-12(13-6-7-14(15)18-13)10-11-5-3-4-9-16-11/h3-7,9,12,17H,2,8,10H2,1H3. The lowest BCUT2D eigenvalue weighted by Gasteiger charge is -2.15. The summed E-state index contributed by atoms with van der Waals surface area (Å²) in [6.45, 7) is 3.08. The summed E-state index contributed by atoms with van der Waals surface area (Å²) in [5, 5.41) is 3.88. The summed E-state index contributed by atoms with van der Waals surface area (Å²) >= 11 is 5.83. The number of halogens is 1. The third kappa shape index (κ3) is 3.59. The zero-order valence-electron chi connectivity index (χ0n) is 10.4. The zero-order valence-corrected chi connectivity index (χ0v) is 11.2. The van der Waals surface area contributed by atoms with Crippen molar-refractivity contribution >= 4 is 11.6 Å². The lowest BCUT2D eigenvalue weighted by Crippen LogP contribution is -2.24. The summed E-state index contributed by atoms with van der Waals surface area (Å²) in [6, 6.07) is 9.74. The molecule has 0 aromatic carbocycles. The Morgan fingerprint density at radius 3 is 2.83 bits per heavy atom. The van der Waals surface area contributed by atoms with Crippen LogP contribution in [-0.4, -0.2) is 11.5 Å². The van der Waals surface area contributed by atoms with Crippen molar-refractivity contribution in [2.24, 2.45) is 0 Å². The molecule has 1 unspecified atom stereocenters. The quantitative estimate of drug-likeness (QED) is 0.866. The number of pyridine rings is 1. The van der Waals surface area contributed by atoms with Crippen molar-refractivity contribution in [1.82, 2.24) is 10.3 Å². The van der Waals surface area contributed by atoms with Crippen LogP contribution in [0.5, 0.6) is 0 Å². The first-order valence-electron chi connectivity index (χ1n) is 6.18. The van der Waals surface area contributed by atoms with Crippen molar-refractivity contribution in [3.8, 4) is 0 Å². The minimum Gasteiger partial charge on any atom is -0.448 e. The Morgan fingerprint density at radius 2 is 2.22 bits per heavy atom. The summed E-state index contributed by atoms with van der Waals surface area (Å²) in [7, 11) is 0. The van der Waals surface area contributed by atoms with E-state index in [2.05, 4.69) is 17.2 Å². The third-order valence-electron chi connectivity index (χ3n) is 2.72. The van der Waals surface area contributed by atoms with Gasteiger partial charge in [0.15, 0.2) is 5.22 Å². The van der Waals surface area contributed by atoms with Gasteiger partial charge in [-0.3, -0.25) is 4.98 Å². The lowest BCUT2D eigenvalue weighted by atomic mass is 10.1. The zero-order chi connectivity index (χ0) is 12.8. The molecule has 0 aliphatic carbocycles. The Labute approximate surface area is 112 Å². The minimum absolute atomic E-state index is 0.118. The summed E-state index contributed by atoms with van der Waals surface area (Å²) in [5.41, 5.74) is 1.04. The molecule has 3 nitrogen and oxygen atoms in total. The molecule has 0 radical (unpaired) electrons. The van der Waals surface area contributed by atoms with E-state index in [1.54, 1.807) is 12.3 Å². The number of hydrogen-bond donors (Lipinski definition) is 1. The van der Waals surface area contributed by atoms with Crippen molar-refractivity contribution in [2.45, 2.75) is 25.8 Å². The van der Waals surface area contributed by atoms with Gasteiger partial charge in [0.1, 0.15) is 5.76 Å². The molecule has 0 saturated carbocycles. The van der Waals surface area contributed by atoms with Gasteiger partial charge < -0.3 is 9.73 Å². The maximum absolute atomic E-state index is 5.83. The van der Waals surface area contributed by atoms with Gasteiger partial charge in [-0.2, -0.15) is 0 Å². The topological polar surface area (TPSA) is 38.1 Å². The number of aromatic nitrogens is 1. The van der Waals surface area contributed by atoms with Crippen molar-refractivity contribution in [1.29, 1.82) is 0 Å². The smallest absolute Gasteiger partial charge is 0.193 e. The highest BCUT2D eigenvalue weighted by Crippen LogP contribution is 2.22. The fourth-order valence-electron chi connectivity index (χ4n) is 1.84. The number of rotatable bonds is 6. The van der Waals surface area contributed by atoms with E-state index in [1.165, 1.54) is 0 Å². The Balaban J connectivity index is 2.10. The molecule has 0 aliphatic heterocycles. The first-order chi connectivity index (χ1) is 8.79. The SMILES string of the molecule is CCCNC(Cc1ccccn1)c1ccc(Cl)o1. The van der Waals surface area contributed by atoms with Crippen LogP contribution in [0.15, 0.2) is 40.9 Å². The molecule has 0 saturated heterocycles. The normalized spacial score (nSPS) is 12.6. The maximum atomic E-state index is 5.83. The highest BCUT2D eigenvalue weighted by molar-refractivity contribution is 6.28. The largest absolute Gasteiger partial charge is 0.448 e. The van der Waals surface area contributed by atoms with E-state index in [1.807, 2.05) is 24.3 Å². The van der Waals surface area contributed by atoms with Crippen molar-refractivity contribution in [3.63, 3.8) is 0 Å². The lowest BCUT2D eigenvalue weighted by molar-refractivity contribution is 0.409. The van der Waals surface area contributed by atoms with Gasteiger partial charge in [0.25, 0.3) is 0 Å². The fourth-order valence-corrected chi connectivity index (χ4v) is 1.99. The van der Waals surface area contributed by atoms with Crippen LogP contribution in [-0.2, 0) is 6.42 Å². The molecule has 96 valence electrons. The molecule has 0 aliphatic rings. The number of nitrogens with one attached hydrogen (secondary N) is 1. The van der Waals surface area contributed by atoms with E-state index < -0.39 is 0 Å². The van der Waals surface area contributed by atoms with Gasteiger partial charge in [-0.05, 0) is 48.8 Å². The second-order valence-electron chi connectivity index (χ2n) is 4.17. The highest BCUT2D eigenvalue weighted by Gasteiger charge is 2.15. The van der Waals surface area contributed by atoms with E-state index in [4.69, 9.17) is 16.0 Å². The van der Waals surface area contributed by atoms with Crippen LogP contribution >= 0.6 is 11.6 Å². The van der Waals surface area contributed by atoms with E-state index in [0.717, 1.165) is 30.8 Å². The van der Waals surface area contributed by atoms with E-state index >= 15 is 0 Å².